The van der Waals surface area contributed by atoms with Gasteiger partial charge in [0.15, 0.2) is 0 Å². The number of aromatic nitrogens is 2. The van der Waals surface area contributed by atoms with Crippen LogP contribution in [0.15, 0.2) is 41.6 Å². The molecule has 0 spiro atoms. The van der Waals surface area contributed by atoms with Gasteiger partial charge < -0.3 is 9.80 Å². The average Bonchev–Trinajstić information content (AvgIpc) is 2.81. The van der Waals surface area contributed by atoms with E-state index < -0.39 is 14.9 Å². The van der Waals surface area contributed by atoms with Crippen molar-refractivity contribution >= 4 is 27.3 Å². The van der Waals surface area contributed by atoms with Gasteiger partial charge >= 0.3 is 0 Å². The molecule has 1 saturated heterocycles. The van der Waals surface area contributed by atoms with Crippen molar-refractivity contribution < 1.29 is 13.3 Å². The maximum Gasteiger partial charge on any atom is 0.293 e. The number of nitrogens with zero attached hydrogens (tertiary/aromatic N) is 5. The number of sulfonamides is 1. The molecule has 0 bridgehead atoms. The predicted molar refractivity (Wildman–Crippen MR) is 121 cm³/mol. The van der Waals surface area contributed by atoms with Crippen LogP contribution in [0.25, 0.3) is 0 Å². The molecule has 10 nitrogen and oxygen atoms in total. The fraction of sp³-hybridized carbons (Fsp3) is 0.524. The van der Waals surface area contributed by atoms with Crippen molar-refractivity contribution in [3.63, 3.8) is 0 Å². The van der Waals surface area contributed by atoms with Crippen LogP contribution in [0.1, 0.15) is 32.6 Å². The molecule has 1 aromatic carbocycles. The van der Waals surface area contributed by atoms with Crippen molar-refractivity contribution in [2.24, 2.45) is 5.92 Å². The third kappa shape index (κ3) is 4.99. The minimum absolute atomic E-state index is 0.0668. The van der Waals surface area contributed by atoms with Gasteiger partial charge in [0.25, 0.3) is 5.69 Å². The van der Waals surface area contributed by atoms with Crippen LogP contribution in [0.4, 0.5) is 17.3 Å². The summed E-state index contributed by atoms with van der Waals surface area (Å²) < 4.78 is 28.5. The minimum Gasteiger partial charge on any atom is -0.362 e. The van der Waals surface area contributed by atoms with Crippen molar-refractivity contribution in [3.8, 4) is 0 Å². The Bertz CT molecular complexity index is 1050. The maximum atomic E-state index is 12.9. The molecule has 0 unspecified atom stereocenters. The monoisotopic (exact) mass is 460 g/mol. The minimum atomic E-state index is -3.82. The normalized spacial score (nSPS) is 22.0. The molecule has 4 rings (SSSR count). The molecule has 1 aliphatic heterocycles. The van der Waals surface area contributed by atoms with Crippen LogP contribution >= 0.6 is 0 Å². The molecule has 1 aliphatic carbocycles. The molecule has 11 heteroatoms. The highest BCUT2D eigenvalue weighted by molar-refractivity contribution is 7.89. The second-order valence-electron chi connectivity index (χ2n) is 8.51. The predicted octanol–water partition coefficient (Wildman–Crippen LogP) is 2.57. The van der Waals surface area contributed by atoms with E-state index in [0.717, 1.165) is 25.7 Å². The zero-order chi connectivity index (χ0) is 22.7. The molecule has 0 atom stereocenters. The summed E-state index contributed by atoms with van der Waals surface area (Å²) in [5, 5.41) is 11.8. The summed E-state index contributed by atoms with van der Waals surface area (Å²) in [5.41, 5.74) is 0.226. The van der Waals surface area contributed by atoms with Crippen LogP contribution in [0.2, 0.25) is 0 Å². The van der Waals surface area contributed by atoms with Gasteiger partial charge in [-0.25, -0.2) is 23.1 Å². The van der Waals surface area contributed by atoms with Crippen molar-refractivity contribution in [3.05, 3.63) is 46.8 Å². The molecular weight excluding hydrogens is 432 g/mol. The van der Waals surface area contributed by atoms with E-state index in [1.807, 2.05) is 9.80 Å². The first kappa shape index (κ1) is 22.4. The SMILES string of the molecule is CC1CCC(NS(=O)(=O)c2ccc(N3CCN(c4ncccn4)CC3)c([N+](=O)[O-])c2)CC1. The number of piperazine rings is 1. The largest absolute Gasteiger partial charge is 0.362 e. The van der Waals surface area contributed by atoms with E-state index >= 15 is 0 Å². The van der Waals surface area contributed by atoms with Gasteiger partial charge in [-0.2, -0.15) is 0 Å². The van der Waals surface area contributed by atoms with Crippen LogP contribution < -0.4 is 14.5 Å². The molecule has 1 N–H and O–H groups in total. The lowest BCUT2D eigenvalue weighted by molar-refractivity contribution is -0.384. The Labute approximate surface area is 187 Å². The fourth-order valence-electron chi connectivity index (χ4n) is 4.35. The van der Waals surface area contributed by atoms with Crippen LogP contribution in [0.5, 0.6) is 0 Å². The van der Waals surface area contributed by atoms with Gasteiger partial charge in [0.2, 0.25) is 16.0 Å². The lowest BCUT2D eigenvalue weighted by Crippen LogP contribution is -2.47. The summed E-state index contributed by atoms with van der Waals surface area (Å²) in [6, 6.07) is 5.81. The molecule has 0 radical (unpaired) electrons. The molecule has 1 saturated carbocycles. The smallest absolute Gasteiger partial charge is 0.293 e. The van der Waals surface area contributed by atoms with Crippen molar-refractivity contribution in [1.82, 2.24) is 14.7 Å². The summed E-state index contributed by atoms with van der Waals surface area (Å²) in [5.74, 6) is 1.23. The average molecular weight is 461 g/mol. The second kappa shape index (κ2) is 9.37. The highest BCUT2D eigenvalue weighted by atomic mass is 32.2. The first-order valence-corrected chi connectivity index (χ1v) is 12.4. The molecule has 2 aromatic rings. The molecule has 172 valence electrons. The fourth-order valence-corrected chi connectivity index (χ4v) is 5.68. The number of benzene rings is 1. The maximum absolute atomic E-state index is 12.9. The summed E-state index contributed by atoms with van der Waals surface area (Å²) in [6.45, 7) is 4.48. The molecule has 0 amide bonds. The molecule has 32 heavy (non-hydrogen) atoms. The Morgan fingerprint density at radius 1 is 1.03 bits per heavy atom. The summed E-state index contributed by atoms with van der Waals surface area (Å²) in [4.78, 5) is 23.6. The molecule has 2 aliphatic rings. The Morgan fingerprint density at radius 3 is 2.28 bits per heavy atom. The van der Waals surface area contributed by atoms with Crippen molar-refractivity contribution in [1.29, 1.82) is 0 Å². The number of hydrogen-bond acceptors (Lipinski definition) is 8. The highest BCUT2D eigenvalue weighted by Crippen LogP contribution is 2.32. The highest BCUT2D eigenvalue weighted by Gasteiger charge is 2.29. The molecule has 1 aromatic heterocycles. The quantitative estimate of drug-likeness (QED) is 0.516. The third-order valence-corrected chi connectivity index (χ3v) is 7.77. The van der Waals surface area contributed by atoms with E-state index in [0.29, 0.717) is 43.7 Å². The van der Waals surface area contributed by atoms with E-state index in [2.05, 4.69) is 21.6 Å². The van der Waals surface area contributed by atoms with Crippen LogP contribution in [-0.4, -0.2) is 55.5 Å². The molecule has 2 heterocycles. The van der Waals surface area contributed by atoms with E-state index in [1.165, 1.54) is 12.1 Å². The summed E-state index contributed by atoms with van der Waals surface area (Å²) in [7, 11) is -3.82. The zero-order valence-electron chi connectivity index (χ0n) is 18.1. The van der Waals surface area contributed by atoms with Gasteiger partial charge in [-0.15, -0.1) is 0 Å². The molecule has 2 fully saturated rings. The Hall–Kier alpha value is -2.79. The summed E-state index contributed by atoms with van der Waals surface area (Å²) >= 11 is 0. The van der Waals surface area contributed by atoms with Crippen molar-refractivity contribution in [2.75, 3.05) is 36.0 Å². The topological polar surface area (TPSA) is 122 Å². The number of nitro groups is 1. The Morgan fingerprint density at radius 2 is 1.66 bits per heavy atom. The van der Waals surface area contributed by atoms with Gasteiger partial charge in [-0.1, -0.05) is 6.92 Å². The van der Waals surface area contributed by atoms with Gasteiger partial charge in [0.1, 0.15) is 5.69 Å². The van der Waals surface area contributed by atoms with E-state index in [9.17, 15) is 18.5 Å². The number of anilines is 2. The van der Waals surface area contributed by atoms with Gasteiger partial charge in [-0.05, 0) is 49.8 Å². The van der Waals surface area contributed by atoms with E-state index in [4.69, 9.17) is 0 Å². The second-order valence-corrected chi connectivity index (χ2v) is 10.2. The van der Waals surface area contributed by atoms with Gasteiger partial charge in [-0.3, -0.25) is 10.1 Å². The Kier molecular flexibility index (Phi) is 6.56. The van der Waals surface area contributed by atoms with Crippen LogP contribution in [0.3, 0.4) is 0 Å². The van der Waals surface area contributed by atoms with Gasteiger partial charge in [0, 0.05) is 50.7 Å². The lowest BCUT2D eigenvalue weighted by atomic mass is 9.88. The standard InChI is InChI=1S/C21H28N6O4S/c1-16-3-5-17(6-4-16)24-32(30,31)18-7-8-19(20(15-18)27(28)29)25-11-13-26(14-12-25)21-22-9-2-10-23-21/h2,7-10,15-17,24H,3-6,11-14H2,1H3. The van der Waals surface area contributed by atoms with Crippen molar-refractivity contribution in [2.45, 2.75) is 43.5 Å². The van der Waals surface area contributed by atoms with Gasteiger partial charge in [0.05, 0.1) is 9.82 Å². The molecular formula is C21H28N6O4S. The first-order valence-electron chi connectivity index (χ1n) is 10.9. The summed E-state index contributed by atoms with van der Waals surface area (Å²) in [6.07, 6.45) is 6.89. The zero-order valence-corrected chi connectivity index (χ0v) is 18.9. The first-order chi connectivity index (χ1) is 15.3. The van der Waals surface area contributed by atoms with Crippen LogP contribution in [0, 0.1) is 16.0 Å². The van der Waals surface area contributed by atoms with Crippen LogP contribution in [-0.2, 0) is 10.0 Å². The van der Waals surface area contributed by atoms with E-state index in [-0.39, 0.29) is 16.6 Å². The Balaban J connectivity index is 1.49. The number of rotatable bonds is 6. The van der Waals surface area contributed by atoms with E-state index in [1.54, 1.807) is 24.5 Å². The third-order valence-electron chi connectivity index (χ3n) is 6.25. The number of hydrogen-bond donors (Lipinski definition) is 1. The number of nitro benzene ring substituents is 1. The number of nitrogens with one attached hydrogen (secondary N) is 1. The lowest BCUT2D eigenvalue weighted by Gasteiger charge is -2.35.